The van der Waals surface area contributed by atoms with E-state index in [1.807, 2.05) is 30.3 Å². The van der Waals surface area contributed by atoms with Crippen molar-refractivity contribution in [1.82, 2.24) is 15.3 Å². The lowest BCUT2D eigenvalue weighted by Gasteiger charge is -2.03. The molecule has 7 nitrogen and oxygen atoms in total. The van der Waals surface area contributed by atoms with Crippen LogP contribution in [0.25, 0.3) is 10.9 Å². The van der Waals surface area contributed by atoms with Crippen LogP contribution >= 0.6 is 11.3 Å². The third kappa shape index (κ3) is 4.61. The number of hydrogen-bond donors (Lipinski definition) is 4. The molecule has 4 aromatic rings. The van der Waals surface area contributed by atoms with Gasteiger partial charge in [-0.15, -0.1) is 11.3 Å². The average Bonchev–Trinajstić information content (AvgIpc) is 3.32. The lowest BCUT2D eigenvalue weighted by atomic mass is 10.2. The van der Waals surface area contributed by atoms with E-state index in [0.29, 0.717) is 22.9 Å². The van der Waals surface area contributed by atoms with E-state index in [1.165, 1.54) is 23.5 Å². The van der Waals surface area contributed by atoms with Crippen LogP contribution in [0.1, 0.15) is 21.7 Å². The molecule has 2 heterocycles. The van der Waals surface area contributed by atoms with Crippen LogP contribution < -0.4 is 10.6 Å². The molecule has 0 radical (unpaired) electrons. The molecule has 29 heavy (non-hydrogen) atoms. The van der Waals surface area contributed by atoms with Crippen LogP contribution in [0.2, 0.25) is 0 Å². The second-order valence-electron chi connectivity index (χ2n) is 6.48. The van der Waals surface area contributed by atoms with Crippen molar-refractivity contribution >= 4 is 39.2 Å². The van der Waals surface area contributed by atoms with Crippen LogP contribution in [0, 0.1) is 0 Å². The molecule has 2 aromatic heterocycles. The summed E-state index contributed by atoms with van der Waals surface area (Å²) in [5, 5.41) is 18.2. The standard InChI is InChI=1S/C21H18N4O3S/c26-17-6-3-5-14(9-17)20(28)25-21-24-16(12-29-21)10-19(27)22-11-15-8-13-4-1-2-7-18(13)23-15/h1-9,12,23,26H,10-11H2,(H,22,27)(H,24,25,28). The van der Waals surface area contributed by atoms with Gasteiger partial charge >= 0.3 is 0 Å². The highest BCUT2D eigenvalue weighted by atomic mass is 32.1. The molecule has 2 amide bonds. The number of amides is 2. The van der Waals surface area contributed by atoms with Gasteiger partial charge in [0.2, 0.25) is 5.91 Å². The molecular weight excluding hydrogens is 388 g/mol. The number of carbonyl (C=O) groups excluding carboxylic acids is 2. The van der Waals surface area contributed by atoms with E-state index >= 15 is 0 Å². The highest BCUT2D eigenvalue weighted by Gasteiger charge is 2.12. The Hall–Kier alpha value is -3.65. The number of H-pyrrole nitrogens is 1. The summed E-state index contributed by atoms with van der Waals surface area (Å²) < 4.78 is 0. The molecule has 4 rings (SSSR count). The Bertz CT molecular complexity index is 1150. The summed E-state index contributed by atoms with van der Waals surface area (Å²) in [5.74, 6) is -0.506. The van der Waals surface area contributed by atoms with Crippen molar-refractivity contribution in [2.24, 2.45) is 0 Å². The van der Waals surface area contributed by atoms with Crippen LogP contribution in [0.15, 0.2) is 60.0 Å². The number of nitrogens with one attached hydrogen (secondary N) is 3. The average molecular weight is 406 g/mol. The normalized spacial score (nSPS) is 10.8. The number of aromatic hydroxyl groups is 1. The van der Waals surface area contributed by atoms with Crippen molar-refractivity contribution < 1.29 is 14.7 Å². The predicted molar refractivity (Wildman–Crippen MR) is 112 cm³/mol. The quantitative estimate of drug-likeness (QED) is 0.393. The Labute approximate surface area is 170 Å². The largest absolute Gasteiger partial charge is 0.508 e. The third-order valence-electron chi connectivity index (χ3n) is 4.28. The number of carbonyl (C=O) groups is 2. The number of phenolic OH excluding ortho intramolecular Hbond substituents is 1. The highest BCUT2D eigenvalue weighted by molar-refractivity contribution is 7.14. The monoisotopic (exact) mass is 406 g/mol. The molecule has 0 aliphatic heterocycles. The fraction of sp³-hybridized carbons (Fsp3) is 0.0952. The fourth-order valence-electron chi connectivity index (χ4n) is 2.91. The van der Waals surface area contributed by atoms with Crippen molar-refractivity contribution in [2.75, 3.05) is 5.32 Å². The summed E-state index contributed by atoms with van der Waals surface area (Å²) in [7, 11) is 0. The first-order valence-corrected chi connectivity index (χ1v) is 9.83. The molecule has 0 saturated carbocycles. The molecule has 8 heteroatoms. The van der Waals surface area contributed by atoms with Gasteiger partial charge in [-0.25, -0.2) is 4.98 Å². The van der Waals surface area contributed by atoms with Gasteiger partial charge in [0.1, 0.15) is 5.75 Å². The molecule has 0 bridgehead atoms. The van der Waals surface area contributed by atoms with Crippen LogP contribution in [0.3, 0.4) is 0 Å². The van der Waals surface area contributed by atoms with Crippen LogP contribution in [-0.2, 0) is 17.8 Å². The number of hydrogen-bond acceptors (Lipinski definition) is 5. The molecule has 2 aromatic carbocycles. The Morgan fingerprint density at radius 2 is 1.97 bits per heavy atom. The maximum Gasteiger partial charge on any atom is 0.257 e. The third-order valence-corrected chi connectivity index (χ3v) is 5.09. The zero-order valence-electron chi connectivity index (χ0n) is 15.3. The van der Waals surface area contributed by atoms with Crippen molar-refractivity contribution in [3.8, 4) is 5.75 Å². The maximum atomic E-state index is 12.2. The topological polar surface area (TPSA) is 107 Å². The van der Waals surface area contributed by atoms with E-state index in [1.54, 1.807) is 17.5 Å². The smallest absolute Gasteiger partial charge is 0.257 e. The van der Waals surface area contributed by atoms with Gasteiger partial charge in [0.15, 0.2) is 5.13 Å². The van der Waals surface area contributed by atoms with Gasteiger partial charge in [0, 0.05) is 22.2 Å². The number of thiazole rings is 1. The molecule has 0 saturated heterocycles. The molecule has 0 aliphatic carbocycles. The zero-order chi connectivity index (χ0) is 20.2. The van der Waals surface area contributed by atoms with Gasteiger partial charge in [0.25, 0.3) is 5.91 Å². The summed E-state index contributed by atoms with van der Waals surface area (Å²) in [6, 6.07) is 16.0. The molecular formula is C21H18N4O3S. The zero-order valence-corrected chi connectivity index (χ0v) is 16.1. The van der Waals surface area contributed by atoms with Gasteiger partial charge in [0.05, 0.1) is 18.7 Å². The fourth-order valence-corrected chi connectivity index (χ4v) is 3.62. The van der Waals surface area contributed by atoms with Gasteiger partial charge in [-0.05, 0) is 35.7 Å². The van der Waals surface area contributed by atoms with E-state index in [-0.39, 0.29) is 24.0 Å². The first-order chi connectivity index (χ1) is 14.1. The van der Waals surface area contributed by atoms with Crippen LogP contribution in [-0.4, -0.2) is 26.9 Å². The number of para-hydroxylation sites is 1. The van der Waals surface area contributed by atoms with Gasteiger partial charge < -0.3 is 15.4 Å². The minimum atomic E-state index is -0.370. The van der Waals surface area contributed by atoms with E-state index in [2.05, 4.69) is 20.6 Å². The van der Waals surface area contributed by atoms with Crippen molar-refractivity contribution in [3.63, 3.8) is 0 Å². The highest BCUT2D eigenvalue weighted by Crippen LogP contribution is 2.18. The maximum absolute atomic E-state index is 12.2. The van der Waals surface area contributed by atoms with Gasteiger partial charge in [-0.2, -0.15) is 0 Å². The van der Waals surface area contributed by atoms with Crippen molar-refractivity contribution in [3.05, 3.63) is 76.9 Å². The number of nitrogens with zero attached hydrogens (tertiary/aromatic N) is 1. The lowest BCUT2D eigenvalue weighted by Crippen LogP contribution is -2.24. The first kappa shape index (κ1) is 18.7. The lowest BCUT2D eigenvalue weighted by molar-refractivity contribution is -0.120. The van der Waals surface area contributed by atoms with Crippen LogP contribution in [0.4, 0.5) is 5.13 Å². The van der Waals surface area contributed by atoms with E-state index in [4.69, 9.17) is 0 Å². The summed E-state index contributed by atoms with van der Waals surface area (Å²) >= 11 is 1.24. The number of rotatable bonds is 6. The van der Waals surface area contributed by atoms with E-state index in [0.717, 1.165) is 16.6 Å². The second kappa shape index (κ2) is 8.15. The van der Waals surface area contributed by atoms with E-state index in [9.17, 15) is 14.7 Å². The summed E-state index contributed by atoms with van der Waals surface area (Å²) in [4.78, 5) is 32.0. The summed E-state index contributed by atoms with van der Waals surface area (Å²) in [6.45, 7) is 0.402. The molecule has 0 aliphatic rings. The molecule has 0 fully saturated rings. The van der Waals surface area contributed by atoms with Gasteiger partial charge in [-0.1, -0.05) is 24.3 Å². The first-order valence-electron chi connectivity index (χ1n) is 8.95. The number of aromatic amines is 1. The van der Waals surface area contributed by atoms with Gasteiger partial charge in [-0.3, -0.25) is 14.9 Å². The minimum absolute atomic E-state index is 0.0177. The molecule has 0 atom stereocenters. The molecule has 146 valence electrons. The Morgan fingerprint density at radius 1 is 1.10 bits per heavy atom. The SMILES string of the molecule is O=C(Cc1csc(NC(=O)c2cccc(O)c2)n1)NCc1cc2ccccc2[nH]1. The van der Waals surface area contributed by atoms with E-state index < -0.39 is 0 Å². The number of benzene rings is 2. The molecule has 0 unspecified atom stereocenters. The van der Waals surface area contributed by atoms with Crippen molar-refractivity contribution in [2.45, 2.75) is 13.0 Å². The molecule has 4 N–H and O–H groups in total. The Kier molecular flexibility index (Phi) is 5.26. The number of anilines is 1. The number of phenols is 1. The Balaban J connectivity index is 1.31. The number of aromatic nitrogens is 2. The Morgan fingerprint density at radius 3 is 2.79 bits per heavy atom. The number of fused-ring (bicyclic) bond motifs is 1. The van der Waals surface area contributed by atoms with Crippen LogP contribution in [0.5, 0.6) is 5.75 Å². The summed E-state index contributed by atoms with van der Waals surface area (Å²) in [5.41, 5.74) is 2.87. The minimum Gasteiger partial charge on any atom is -0.508 e. The second-order valence-corrected chi connectivity index (χ2v) is 7.34. The van der Waals surface area contributed by atoms with Crippen molar-refractivity contribution in [1.29, 1.82) is 0 Å². The predicted octanol–water partition coefficient (Wildman–Crippen LogP) is 3.44. The molecule has 0 spiro atoms. The summed E-state index contributed by atoms with van der Waals surface area (Å²) in [6.07, 6.45) is 0.124.